The smallest absolute Gasteiger partial charge is 0.229 e. The van der Waals surface area contributed by atoms with Crippen LogP contribution in [0.25, 0.3) is 10.7 Å². The van der Waals surface area contributed by atoms with Gasteiger partial charge in [-0.15, -0.1) is 11.3 Å². The van der Waals surface area contributed by atoms with Crippen molar-refractivity contribution in [2.45, 2.75) is 12.5 Å². The van der Waals surface area contributed by atoms with Crippen LogP contribution in [0.4, 0.5) is 0 Å². The normalized spacial score (nSPS) is 12.9. The van der Waals surface area contributed by atoms with Gasteiger partial charge < -0.3 is 15.0 Å². The van der Waals surface area contributed by atoms with Crippen molar-refractivity contribution in [2.24, 2.45) is 5.73 Å². The highest BCUT2D eigenvalue weighted by molar-refractivity contribution is 9.10. The zero-order valence-electron chi connectivity index (χ0n) is 9.22. The molecule has 0 spiro atoms. The van der Waals surface area contributed by atoms with Gasteiger partial charge in [-0.2, -0.15) is 4.98 Å². The summed E-state index contributed by atoms with van der Waals surface area (Å²) in [5, 5.41) is 5.90. The van der Waals surface area contributed by atoms with Crippen molar-refractivity contribution < 1.29 is 9.26 Å². The van der Waals surface area contributed by atoms with Crippen LogP contribution in [0.5, 0.6) is 0 Å². The number of rotatable bonds is 5. The van der Waals surface area contributed by atoms with E-state index in [-0.39, 0.29) is 6.10 Å². The Labute approximate surface area is 111 Å². The van der Waals surface area contributed by atoms with Gasteiger partial charge in [0, 0.05) is 23.5 Å². The summed E-state index contributed by atoms with van der Waals surface area (Å²) in [5.41, 5.74) is 5.53. The van der Waals surface area contributed by atoms with Gasteiger partial charge in [0.25, 0.3) is 0 Å². The number of nitrogens with zero attached hydrogens (tertiary/aromatic N) is 2. The van der Waals surface area contributed by atoms with Crippen molar-refractivity contribution >= 4 is 27.3 Å². The maximum Gasteiger partial charge on any atom is 0.229 e. The molecule has 2 N–H and O–H groups in total. The van der Waals surface area contributed by atoms with Crippen molar-refractivity contribution in [2.75, 3.05) is 13.7 Å². The highest BCUT2D eigenvalue weighted by atomic mass is 79.9. The molecule has 1 unspecified atom stereocenters. The van der Waals surface area contributed by atoms with Gasteiger partial charge in [0.2, 0.25) is 11.7 Å². The van der Waals surface area contributed by atoms with Gasteiger partial charge in [-0.3, -0.25) is 0 Å². The summed E-state index contributed by atoms with van der Waals surface area (Å²) < 4.78 is 11.3. The molecule has 0 amide bonds. The standard InChI is InChI=1S/C10H12BrN3O2S/c1-15-7(4-12)3-9-13-10(14-16-9)8-2-6(11)5-17-8/h2,5,7H,3-4,12H2,1H3. The molecule has 0 fully saturated rings. The van der Waals surface area contributed by atoms with E-state index < -0.39 is 0 Å². The van der Waals surface area contributed by atoms with Crippen LogP contribution in [0.2, 0.25) is 0 Å². The lowest BCUT2D eigenvalue weighted by molar-refractivity contribution is 0.102. The van der Waals surface area contributed by atoms with Crippen LogP contribution in [-0.2, 0) is 11.2 Å². The molecule has 5 nitrogen and oxygen atoms in total. The maximum absolute atomic E-state index is 5.53. The second-order valence-corrected chi connectivity index (χ2v) is 5.27. The lowest BCUT2D eigenvalue weighted by atomic mass is 10.2. The second kappa shape index (κ2) is 5.72. The van der Waals surface area contributed by atoms with E-state index in [0.29, 0.717) is 24.7 Å². The van der Waals surface area contributed by atoms with Gasteiger partial charge >= 0.3 is 0 Å². The molecule has 7 heteroatoms. The quantitative estimate of drug-likeness (QED) is 0.913. The van der Waals surface area contributed by atoms with Crippen LogP contribution in [-0.4, -0.2) is 29.9 Å². The predicted molar refractivity (Wildman–Crippen MR) is 68.9 cm³/mol. The monoisotopic (exact) mass is 317 g/mol. The Morgan fingerprint density at radius 3 is 3.06 bits per heavy atom. The van der Waals surface area contributed by atoms with Gasteiger partial charge in [-0.1, -0.05) is 5.16 Å². The topological polar surface area (TPSA) is 74.2 Å². The van der Waals surface area contributed by atoms with Gasteiger partial charge in [0.1, 0.15) is 0 Å². The molecular weight excluding hydrogens is 306 g/mol. The fraction of sp³-hybridized carbons (Fsp3) is 0.400. The maximum atomic E-state index is 5.53. The fourth-order valence-corrected chi connectivity index (χ4v) is 2.68. The summed E-state index contributed by atoms with van der Waals surface area (Å²) in [6, 6.07) is 1.95. The molecule has 2 aromatic rings. The molecule has 0 aliphatic heterocycles. The summed E-state index contributed by atoms with van der Waals surface area (Å²) >= 11 is 4.95. The van der Waals surface area contributed by atoms with E-state index in [0.717, 1.165) is 9.35 Å². The van der Waals surface area contributed by atoms with E-state index in [1.54, 1.807) is 18.4 Å². The molecule has 2 heterocycles. The molecule has 92 valence electrons. The van der Waals surface area contributed by atoms with Gasteiger partial charge in [0.05, 0.1) is 17.4 Å². The lowest BCUT2D eigenvalue weighted by Gasteiger charge is -2.08. The molecular formula is C10H12BrN3O2S. The number of halogens is 1. The zero-order valence-corrected chi connectivity index (χ0v) is 11.6. The predicted octanol–water partition coefficient (Wildman–Crippen LogP) is 2.08. The number of thiophene rings is 1. The Kier molecular flexibility index (Phi) is 4.27. The van der Waals surface area contributed by atoms with Crippen LogP contribution in [0.3, 0.4) is 0 Å². The molecule has 0 aliphatic carbocycles. The summed E-state index contributed by atoms with van der Waals surface area (Å²) in [4.78, 5) is 5.27. The first-order chi connectivity index (χ1) is 8.22. The Morgan fingerprint density at radius 1 is 1.65 bits per heavy atom. The minimum Gasteiger partial charge on any atom is -0.380 e. The van der Waals surface area contributed by atoms with E-state index in [1.165, 1.54) is 0 Å². The third-order valence-electron chi connectivity index (χ3n) is 2.25. The third kappa shape index (κ3) is 3.12. The second-order valence-electron chi connectivity index (χ2n) is 3.44. The number of ether oxygens (including phenoxy) is 1. The van der Waals surface area contributed by atoms with E-state index in [2.05, 4.69) is 26.1 Å². The van der Waals surface area contributed by atoms with E-state index in [9.17, 15) is 0 Å². The average molecular weight is 318 g/mol. The minimum atomic E-state index is -0.0848. The lowest BCUT2D eigenvalue weighted by Crippen LogP contribution is -2.24. The molecule has 0 saturated carbocycles. The summed E-state index contributed by atoms with van der Waals surface area (Å²) in [6.07, 6.45) is 0.449. The first-order valence-corrected chi connectivity index (χ1v) is 6.70. The van der Waals surface area contributed by atoms with Gasteiger partial charge in [-0.05, 0) is 22.0 Å². The molecule has 0 radical (unpaired) electrons. The van der Waals surface area contributed by atoms with Crippen LogP contribution < -0.4 is 5.73 Å². The molecule has 0 aromatic carbocycles. The van der Waals surface area contributed by atoms with Crippen LogP contribution in [0.1, 0.15) is 5.89 Å². The molecule has 0 saturated heterocycles. The molecule has 1 atom stereocenters. The van der Waals surface area contributed by atoms with E-state index in [1.807, 2.05) is 11.4 Å². The highest BCUT2D eigenvalue weighted by Crippen LogP contribution is 2.27. The fourth-order valence-electron chi connectivity index (χ4n) is 1.33. The van der Waals surface area contributed by atoms with E-state index in [4.69, 9.17) is 15.0 Å². The molecule has 17 heavy (non-hydrogen) atoms. The number of nitrogens with two attached hydrogens (primary N) is 1. The highest BCUT2D eigenvalue weighted by Gasteiger charge is 2.14. The van der Waals surface area contributed by atoms with Crippen molar-refractivity contribution in [1.29, 1.82) is 0 Å². The minimum absolute atomic E-state index is 0.0848. The Balaban J connectivity index is 2.10. The number of hydrogen-bond donors (Lipinski definition) is 1. The van der Waals surface area contributed by atoms with Gasteiger partial charge in [0.15, 0.2) is 0 Å². The molecule has 2 rings (SSSR count). The summed E-state index contributed by atoms with van der Waals surface area (Å²) in [5.74, 6) is 1.14. The summed E-state index contributed by atoms with van der Waals surface area (Å²) in [7, 11) is 1.62. The van der Waals surface area contributed by atoms with Crippen molar-refractivity contribution in [3.63, 3.8) is 0 Å². The van der Waals surface area contributed by atoms with Crippen LogP contribution >= 0.6 is 27.3 Å². The first-order valence-electron chi connectivity index (χ1n) is 5.02. The Hall–Kier alpha value is -0.760. The van der Waals surface area contributed by atoms with Crippen molar-refractivity contribution in [3.8, 4) is 10.7 Å². The Morgan fingerprint density at radius 2 is 2.47 bits per heavy atom. The number of hydrogen-bond acceptors (Lipinski definition) is 6. The first kappa shape index (κ1) is 12.7. The van der Waals surface area contributed by atoms with Crippen LogP contribution in [0, 0.1) is 0 Å². The zero-order chi connectivity index (χ0) is 12.3. The Bertz CT molecular complexity index is 481. The average Bonchev–Trinajstić information content (AvgIpc) is 2.94. The van der Waals surface area contributed by atoms with Gasteiger partial charge in [-0.25, -0.2) is 0 Å². The molecule has 0 aliphatic rings. The molecule has 2 aromatic heterocycles. The number of aromatic nitrogens is 2. The SMILES string of the molecule is COC(CN)Cc1nc(-c2cc(Br)cs2)no1. The summed E-state index contributed by atoms with van der Waals surface area (Å²) in [6.45, 7) is 0.429. The number of methoxy groups -OCH3 is 1. The van der Waals surface area contributed by atoms with Crippen molar-refractivity contribution in [3.05, 3.63) is 21.8 Å². The van der Waals surface area contributed by atoms with Crippen LogP contribution in [0.15, 0.2) is 20.4 Å². The third-order valence-corrected chi connectivity index (χ3v) is 3.94. The molecule has 0 bridgehead atoms. The largest absolute Gasteiger partial charge is 0.380 e. The van der Waals surface area contributed by atoms with E-state index >= 15 is 0 Å². The van der Waals surface area contributed by atoms with Crippen molar-refractivity contribution in [1.82, 2.24) is 10.1 Å².